The highest BCUT2D eigenvalue weighted by atomic mass is 32.2. The van der Waals surface area contributed by atoms with Crippen LogP contribution in [-0.2, 0) is 14.3 Å². The van der Waals surface area contributed by atoms with Crippen molar-refractivity contribution in [2.24, 2.45) is 5.10 Å². The summed E-state index contributed by atoms with van der Waals surface area (Å²) in [6, 6.07) is 7.91. The van der Waals surface area contributed by atoms with Crippen LogP contribution >= 0.6 is 23.5 Å². The number of ether oxygens (including phenoxy) is 1. The number of nitrogens with zero attached hydrogens (tertiary/aromatic N) is 3. The predicted molar refractivity (Wildman–Crippen MR) is 102 cm³/mol. The molecular weight excluding hydrogens is 358 g/mol. The smallest absolute Gasteiger partial charge is 0.346 e. The zero-order valence-electron chi connectivity index (χ0n) is 14.7. The van der Waals surface area contributed by atoms with E-state index < -0.39 is 4.33 Å². The number of benzene rings is 1. The zero-order chi connectivity index (χ0) is 18.4. The quantitative estimate of drug-likeness (QED) is 0.750. The Morgan fingerprint density at radius 1 is 1.24 bits per heavy atom. The minimum Gasteiger partial charge on any atom is -0.465 e. The molecule has 6 nitrogen and oxygen atoms in total. The SMILES string of the molecule is COC(=O)C1=C(C)N(C)[C@@]2(SC(C(C)=O)=NN2c2cccc(C)c2)S1. The van der Waals surface area contributed by atoms with Crippen molar-refractivity contribution in [3.63, 3.8) is 0 Å². The molecule has 1 spiro atoms. The van der Waals surface area contributed by atoms with Gasteiger partial charge in [-0.15, -0.1) is 0 Å². The van der Waals surface area contributed by atoms with Gasteiger partial charge >= 0.3 is 5.97 Å². The van der Waals surface area contributed by atoms with Crippen molar-refractivity contribution in [1.29, 1.82) is 0 Å². The lowest BCUT2D eigenvalue weighted by molar-refractivity contribution is -0.135. The van der Waals surface area contributed by atoms with Gasteiger partial charge in [-0.3, -0.25) is 4.79 Å². The summed E-state index contributed by atoms with van der Waals surface area (Å²) in [5, 5.41) is 6.79. The molecule has 0 saturated carbocycles. The number of carbonyl (C=O) groups is 2. The van der Waals surface area contributed by atoms with Crippen LogP contribution in [0.1, 0.15) is 19.4 Å². The Morgan fingerprint density at radius 2 is 1.96 bits per heavy atom. The molecule has 2 aliphatic rings. The van der Waals surface area contributed by atoms with Crippen molar-refractivity contribution in [3.05, 3.63) is 40.4 Å². The molecule has 0 unspecified atom stereocenters. The fourth-order valence-corrected chi connectivity index (χ4v) is 5.56. The summed E-state index contributed by atoms with van der Waals surface area (Å²) in [5.74, 6) is -0.481. The number of methoxy groups -OCH3 is 1. The molecule has 2 aliphatic heterocycles. The Balaban J connectivity index is 2.08. The Labute approximate surface area is 155 Å². The molecule has 132 valence electrons. The lowest BCUT2D eigenvalue weighted by atomic mass is 10.2. The van der Waals surface area contributed by atoms with Gasteiger partial charge in [0.2, 0.25) is 4.33 Å². The summed E-state index contributed by atoms with van der Waals surface area (Å²) >= 11 is 2.70. The van der Waals surface area contributed by atoms with E-state index in [2.05, 4.69) is 5.10 Å². The third-order valence-corrected chi connectivity index (χ3v) is 7.25. The van der Waals surface area contributed by atoms with Crippen molar-refractivity contribution in [2.45, 2.75) is 25.1 Å². The van der Waals surface area contributed by atoms with Gasteiger partial charge in [0.1, 0.15) is 4.91 Å². The maximum absolute atomic E-state index is 12.2. The van der Waals surface area contributed by atoms with E-state index in [9.17, 15) is 9.59 Å². The highest BCUT2D eigenvalue weighted by Gasteiger charge is 2.55. The largest absolute Gasteiger partial charge is 0.465 e. The Kier molecular flexibility index (Phi) is 4.59. The second-order valence-corrected chi connectivity index (χ2v) is 8.43. The molecule has 3 rings (SSSR count). The summed E-state index contributed by atoms with van der Waals surface area (Å²) < 4.78 is 4.15. The van der Waals surface area contributed by atoms with E-state index in [0.717, 1.165) is 16.9 Å². The molecule has 0 radical (unpaired) electrons. The van der Waals surface area contributed by atoms with Crippen LogP contribution in [0.2, 0.25) is 0 Å². The molecule has 1 atom stereocenters. The minimum atomic E-state index is -0.762. The summed E-state index contributed by atoms with van der Waals surface area (Å²) in [6.07, 6.45) is 0. The first-order valence-electron chi connectivity index (χ1n) is 7.67. The average Bonchev–Trinajstić information content (AvgIpc) is 3.09. The molecule has 1 aromatic rings. The van der Waals surface area contributed by atoms with E-state index in [1.54, 1.807) is 0 Å². The lowest BCUT2D eigenvalue weighted by Gasteiger charge is -2.39. The van der Waals surface area contributed by atoms with E-state index >= 15 is 0 Å². The van der Waals surface area contributed by atoms with Gasteiger partial charge in [0, 0.05) is 19.7 Å². The number of hydrazone groups is 1. The van der Waals surface area contributed by atoms with Gasteiger partial charge in [-0.25, -0.2) is 9.80 Å². The standard InChI is InChI=1S/C17H19N3O3S2/c1-10-7-6-8-13(9-10)20-17(25-15(18-20)12(3)21)19(4)11(2)14(24-17)16(22)23-5/h6-9H,1-5H3/t17-/m0/s1. The maximum atomic E-state index is 12.2. The number of allylic oxidation sites excluding steroid dienone is 1. The van der Waals surface area contributed by atoms with Gasteiger partial charge < -0.3 is 9.64 Å². The van der Waals surface area contributed by atoms with E-state index in [4.69, 9.17) is 4.74 Å². The number of hydrogen-bond acceptors (Lipinski definition) is 8. The summed E-state index contributed by atoms with van der Waals surface area (Å²) in [4.78, 5) is 26.6. The second-order valence-electron chi connectivity index (χ2n) is 5.83. The maximum Gasteiger partial charge on any atom is 0.346 e. The van der Waals surface area contributed by atoms with Gasteiger partial charge in [-0.2, -0.15) is 5.10 Å². The van der Waals surface area contributed by atoms with Crippen LogP contribution in [0.25, 0.3) is 0 Å². The summed E-state index contributed by atoms with van der Waals surface area (Å²) in [7, 11) is 3.26. The van der Waals surface area contributed by atoms with Crippen LogP contribution in [0.3, 0.4) is 0 Å². The molecule has 0 bridgehead atoms. The first kappa shape index (κ1) is 17.9. The Morgan fingerprint density at radius 3 is 2.56 bits per heavy atom. The molecule has 0 aromatic heterocycles. The van der Waals surface area contributed by atoms with Crippen LogP contribution in [0.5, 0.6) is 0 Å². The molecule has 0 fully saturated rings. The van der Waals surface area contributed by atoms with Crippen molar-refractivity contribution < 1.29 is 14.3 Å². The number of Topliss-reactive ketones (excluding diaryl/α,β-unsaturated/α-hetero) is 1. The van der Waals surface area contributed by atoms with E-state index in [1.807, 2.05) is 55.1 Å². The highest BCUT2D eigenvalue weighted by molar-refractivity contribution is 8.28. The number of aryl methyl sites for hydroxylation is 1. The number of thioether (sulfide) groups is 2. The van der Waals surface area contributed by atoms with Crippen LogP contribution in [0.15, 0.2) is 40.0 Å². The predicted octanol–water partition coefficient (Wildman–Crippen LogP) is 3.15. The molecule has 0 N–H and O–H groups in total. The van der Waals surface area contributed by atoms with Crippen molar-refractivity contribution in [3.8, 4) is 0 Å². The average molecular weight is 377 g/mol. The number of ketones is 1. The van der Waals surface area contributed by atoms with Gasteiger partial charge in [0.25, 0.3) is 0 Å². The molecule has 0 saturated heterocycles. The molecular formula is C17H19N3O3S2. The van der Waals surface area contributed by atoms with Gasteiger partial charge in [0.15, 0.2) is 10.8 Å². The third-order valence-electron chi connectivity index (χ3n) is 4.10. The molecule has 0 amide bonds. The lowest BCUT2D eigenvalue weighted by Crippen LogP contribution is -2.47. The number of rotatable bonds is 3. The highest BCUT2D eigenvalue weighted by Crippen LogP contribution is 2.58. The van der Waals surface area contributed by atoms with E-state index in [1.165, 1.54) is 37.6 Å². The van der Waals surface area contributed by atoms with E-state index in [0.29, 0.717) is 9.95 Å². The molecule has 2 heterocycles. The molecule has 25 heavy (non-hydrogen) atoms. The van der Waals surface area contributed by atoms with E-state index in [-0.39, 0.29) is 11.8 Å². The van der Waals surface area contributed by atoms with Gasteiger partial charge in [0.05, 0.1) is 12.8 Å². The molecule has 1 aromatic carbocycles. The Hall–Kier alpha value is -1.93. The monoisotopic (exact) mass is 377 g/mol. The normalized spacial score (nSPS) is 22.7. The summed E-state index contributed by atoms with van der Waals surface area (Å²) in [5.41, 5.74) is 2.75. The first-order chi connectivity index (χ1) is 11.8. The van der Waals surface area contributed by atoms with Crippen molar-refractivity contribution in [2.75, 3.05) is 19.2 Å². The minimum absolute atomic E-state index is 0.0994. The Bertz CT molecular complexity index is 821. The first-order valence-corrected chi connectivity index (χ1v) is 9.31. The van der Waals surface area contributed by atoms with Gasteiger partial charge in [-0.05, 0) is 43.3 Å². The fourth-order valence-electron chi connectivity index (χ4n) is 2.66. The van der Waals surface area contributed by atoms with Crippen molar-refractivity contribution in [1.82, 2.24) is 4.90 Å². The third kappa shape index (κ3) is 2.83. The van der Waals surface area contributed by atoms with Crippen molar-refractivity contribution >= 4 is 46.0 Å². The number of hydrogen-bond donors (Lipinski definition) is 0. The van der Waals surface area contributed by atoms with Gasteiger partial charge in [-0.1, -0.05) is 23.9 Å². The second kappa shape index (κ2) is 6.42. The zero-order valence-corrected chi connectivity index (χ0v) is 16.3. The van der Waals surface area contributed by atoms with Crippen LogP contribution < -0.4 is 5.01 Å². The molecule has 8 heteroatoms. The number of anilines is 1. The number of carbonyl (C=O) groups excluding carboxylic acids is 2. The van der Waals surface area contributed by atoms with Crippen LogP contribution in [-0.4, -0.2) is 40.2 Å². The summed E-state index contributed by atoms with van der Waals surface area (Å²) in [6.45, 7) is 5.37. The molecule has 0 aliphatic carbocycles. The number of esters is 1. The van der Waals surface area contributed by atoms with Crippen LogP contribution in [0, 0.1) is 6.92 Å². The fraction of sp³-hybridized carbons (Fsp3) is 0.353. The van der Waals surface area contributed by atoms with Crippen LogP contribution in [0.4, 0.5) is 5.69 Å². The topological polar surface area (TPSA) is 62.2 Å².